The Morgan fingerprint density at radius 2 is 2.12 bits per heavy atom. The molecule has 24 heavy (non-hydrogen) atoms. The summed E-state index contributed by atoms with van der Waals surface area (Å²) in [5.74, 6) is 0.670. The number of benzene rings is 1. The van der Waals surface area contributed by atoms with Crippen LogP contribution in [-0.4, -0.2) is 39.5 Å². The van der Waals surface area contributed by atoms with Crippen molar-refractivity contribution in [2.24, 2.45) is 0 Å². The number of hydrogen-bond donors (Lipinski definition) is 0. The lowest BCUT2D eigenvalue weighted by atomic mass is 9.91. The van der Waals surface area contributed by atoms with Gasteiger partial charge in [-0.15, -0.1) is 0 Å². The van der Waals surface area contributed by atoms with E-state index < -0.39 is 0 Å². The molecular weight excluding hydrogens is 302 g/mol. The van der Waals surface area contributed by atoms with Crippen molar-refractivity contribution in [3.8, 4) is 0 Å². The van der Waals surface area contributed by atoms with Gasteiger partial charge >= 0.3 is 0 Å². The van der Waals surface area contributed by atoms with Gasteiger partial charge < -0.3 is 9.69 Å². The molecule has 0 aliphatic heterocycles. The van der Waals surface area contributed by atoms with Crippen molar-refractivity contribution in [3.63, 3.8) is 0 Å². The minimum Gasteiger partial charge on any atom is -0.331 e. The molecule has 1 heterocycles. The molecule has 126 valence electrons. The van der Waals surface area contributed by atoms with Crippen LogP contribution in [0.25, 0.3) is 10.9 Å². The van der Waals surface area contributed by atoms with E-state index in [1.165, 1.54) is 18.4 Å². The monoisotopic (exact) mass is 325 g/mol. The predicted molar refractivity (Wildman–Crippen MR) is 91.9 cm³/mol. The van der Waals surface area contributed by atoms with E-state index in [1.807, 2.05) is 11.6 Å². The lowest BCUT2D eigenvalue weighted by molar-refractivity contribution is -0.137. The summed E-state index contributed by atoms with van der Waals surface area (Å²) in [4.78, 5) is 25.4. The lowest BCUT2D eigenvalue weighted by Gasteiger charge is -2.36. The van der Waals surface area contributed by atoms with E-state index in [-0.39, 0.29) is 25.0 Å². The normalized spacial score (nSPS) is 17.7. The molecule has 0 saturated heterocycles. The molecule has 1 amide bonds. The minimum atomic E-state index is -0.00646. The zero-order valence-corrected chi connectivity index (χ0v) is 14.1. The third-order valence-electron chi connectivity index (χ3n) is 5.40. The Morgan fingerprint density at radius 1 is 1.33 bits per heavy atom. The standard InChI is InChI=1S/C19H23N3O2/c1-13-17-8-7-15(14-5-6-14)11-18(17)22(20-13)12-19(24)21(9-10-23)16-3-2-4-16/h7-8,10-11,14,16H,2-6,9,12H2,1H3. The van der Waals surface area contributed by atoms with Crippen LogP contribution in [0.5, 0.6) is 0 Å². The average molecular weight is 325 g/mol. The number of fused-ring (bicyclic) bond motifs is 1. The van der Waals surface area contributed by atoms with Crippen LogP contribution in [0.4, 0.5) is 0 Å². The van der Waals surface area contributed by atoms with Gasteiger partial charge in [0.2, 0.25) is 5.91 Å². The van der Waals surface area contributed by atoms with Crippen LogP contribution in [0.1, 0.15) is 49.3 Å². The molecule has 0 atom stereocenters. The Morgan fingerprint density at radius 3 is 2.75 bits per heavy atom. The number of amides is 1. The van der Waals surface area contributed by atoms with Crippen LogP contribution in [0.15, 0.2) is 18.2 Å². The second-order valence-corrected chi connectivity index (χ2v) is 7.09. The third kappa shape index (κ3) is 2.72. The van der Waals surface area contributed by atoms with Gasteiger partial charge in [-0.05, 0) is 56.6 Å². The van der Waals surface area contributed by atoms with E-state index in [0.717, 1.165) is 42.1 Å². The quantitative estimate of drug-likeness (QED) is 0.768. The molecule has 2 aliphatic carbocycles. The molecular formula is C19H23N3O2. The molecule has 2 fully saturated rings. The van der Waals surface area contributed by atoms with E-state index >= 15 is 0 Å². The number of nitrogens with zero attached hydrogens (tertiary/aromatic N) is 3. The van der Waals surface area contributed by atoms with Crippen LogP contribution >= 0.6 is 0 Å². The first-order chi connectivity index (χ1) is 11.7. The fourth-order valence-corrected chi connectivity index (χ4v) is 3.60. The number of rotatable bonds is 6. The predicted octanol–water partition coefficient (Wildman–Crippen LogP) is 2.80. The molecule has 5 nitrogen and oxygen atoms in total. The number of carbonyl (C=O) groups excluding carboxylic acids is 2. The van der Waals surface area contributed by atoms with Crippen molar-refractivity contribution in [1.29, 1.82) is 0 Å². The maximum absolute atomic E-state index is 12.7. The van der Waals surface area contributed by atoms with Crippen molar-refractivity contribution in [3.05, 3.63) is 29.5 Å². The van der Waals surface area contributed by atoms with Gasteiger partial charge in [0.1, 0.15) is 12.8 Å². The highest BCUT2D eigenvalue weighted by molar-refractivity contribution is 5.85. The summed E-state index contributed by atoms with van der Waals surface area (Å²) in [6, 6.07) is 6.73. The fraction of sp³-hybridized carbons (Fsp3) is 0.526. The van der Waals surface area contributed by atoms with Gasteiger partial charge in [-0.2, -0.15) is 5.10 Å². The first-order valence-corrected chi connectivity index (χ1v) is 8.87. The molecule has 0 radical (unpaired) electrons. The van der Waals surface area contributed by atoms with Crippen LogP contribution in [0, 0.1) is 6.92 Å². The molecule has 2 aliphatic rings. The molecule has 4 rings (SSSR count). The maximum atomic E-state index is 12.7. The van der Waals surface area contributed by atoms with E-state index in [9.17, 15) is 9.59 Å². The summed E-state index contributed by atoms with van der Waals surface area (Å²) in [5, 5.41) is 5.69. The second-order valence-electron chi connectivity index (χ2n) is 7.09. The summed E-state index contributed by atoms with van der Waals surface area (Å²) in [6.45, 7) is 2.38. The second kappa shape index (κ2) is 6.04. The maximum Gasteiger partial charge on any atom is 0.244 e. The summed E-state index contributed by atoms with van der Waals surface area (Å²) in [6.07, 6.45) is 6.49. The van der Waals surface area contributed by atoms with Crippen LogP contribution in [-0.2, 0) is 16.1 Å². The summed E-state index contributed by atoms with van der Waals surface area (Å²) >= 11 is 0. The molecule has 0 spiro atoms. The van der Waals surface area contributed by atoms with E-state index in [4.69, 9.17) is 0 Å². The Labute approximate surface area is 141 Å². The number of aryl methyl sites for hydroxylation is 1. The summed E-state index contributed by atoms with van der Waals surface area (Å²) < 4.78 is 1.81. The van der Waals surface area contributed by atoms with E-state index in [1.54, 1.807) is 4.90 Å². The Balaban J connectivity index is 1.61. The molecule has 0 bridgehead atoms. The van der Waals surface area contributed by atoms with Gasteiger partial charge in [0.15, 0.2) is 0 Å². The summed E-state index contributed by atoms with van der Waals surface area (Å²) in [5.41, 5.74) is 3.33. The Bertz CT molecular complexity index is 787. The van der Waals surface area contributed by atoms with Crippen molar-refractivity contribution in [1.82, 2.24) is 14.7 Å². The van der Waals surface area contributed by atoms with E-state index in [0.29, 0.717) is 5.92 Å². The highest BCUT2D eigenvalue weighted by Crippen LogP contribution is 2.41. The highest BCUT2D eigenvalue weighted by atomic mass is 16.2. The fourth-order valence-electron chi connectivity index (χ4n) is 3.60. The van der Waals surface area contributed by atoms with Crippen LogP contribution in [0.3, 0.4) is 0 Å². The Kier molecular flexibility index (Phi) is 3.87. The smallest absolute Gasteiger partial charge is 0.244 e. The summed E-state index contributed by atoms with van der Waals surface area (Å²) in [7, 11) is 0. The topological polar surface area (TPSA) is 55.2 Å². The lowest BCUT2D eigenvalue weighted by Crippen LogP contribution is -2.46. The highest BCUT2D eigenvalue weighted by Gasteiger charge is 2.29. The zero-order valence-electron chi connectivity index (χ0n) is 14.1. The van der Waals surface area contributed by atoms with Gasteiger partial charge in [-0.3, -0.25) is 9.48 Å². The number of aldehydes is 1. The van der Waals surface area contributed by atoms with Gasteiger partial charge in [-0.1, -0.05) is 12.1 Å². The molecule has 2 aromatic rings. The zero-order chi connectivity index (χ0) is 16.7. The third-order valence-corrected chi connectivity index (χ3v) is 5.40. The SMILES string of the molecule is Cc1nn(CC(=O)N(CC=O)C2CCC2)c2cc(C3CC3)ccc12. The molecule has 1 aromatic carbocycles. The van der Waals surface area contributed by atoms with Crippen molar-refractivity contribution >= 4 is 23.1 Å². The van der Waals surface area contributed by atoms with E-state index in [2.05, 4.69) is 23.3 Å². The molecule has 0 unspecified atom stereocenters. The van der Waals surface area contributed by atoms with Crippen molar-refractivity contribution < 1.29 is 9.59 Å². The van der Waals surface area contributed by atoms with Crippen LogP contribution < -0.4 is 0 Å². The molecule has 0 N–H and O–H groups in total. The van der Waals surface area contributed by atoms with Gasteiger partial charge in [0, 0.05) is 11.4 Å². The number of aromatic nitrogens is 2. The molecule has 2 saturated carbocycles. The minimum absolute atomic E-state index is 0.00646. The largest absolute Gasteiger partial charge is 0.331 e. The number of hydrogen-bond acceptors (Lipinski definition) is 3. The number of carbonyl (C=O) groups is 2. The van der Waals surface area contributed by atoms with Crippen LogP contribution in [0.2, 0.25) is 0 Å². The van der Waals surface area contributed by atoms with Gasteiger partial charge in [0.25, 0.3) is 0 Å². The van der Waals surface area contributed by atoms with Crippen molar-refractivity contribution in [2.45, 2.75) is 57.5 Å². The van der Waals surface area contributed by atoms with Gasteiger partial charge in [0.05, 0.1) is 17.8 Å². The molecule has 5 heteroatoms. The molecule has 1 aromatic heterocycles. The van der Waals surface area contributed by atoms with Gasteiger partial charge in [-0.25, -0.2) is 0 Å². The average Bonchev–Trinajstić information content (AvgIpc) is 3.32. The van der Waals surface area contributed by atoms with Crippen molar-refractivity contribution in [2.75, 3.05) is 6.54 Å². The first-order valence-electron chi connectivity index (χ1n) is 8.87. The Hall–Kier alpha value is -2.17. The first kappa shape index (κ1) is 15.4.